The number of carbonyl (C=O) groups is 2. The van der Waals surface area contributed by atoms with Crippen molar-refractivity contribution >= 4 is 23.1 Å². The van der Waals surface area contributed by atoms with Gasteiger partial charge in [0.1, 0.15) is 24.7 Å². The zero-order valence-corrected chi connectivity index (χ0v) is 19.4. The van der Waals surface area contributed by atoms with Crippen molar-refractivity contribution in [2.24, 2.45) is 0 Å². The first-order valence-corrected chi connectivity index (χ1v) is 11.2. The van der Waals surface area contributed by atoms with Gasteiger partial charge in [0, 0.05) is 11.3 Å². The van der Waals surface area contributed by atoms with Crippen LogP contribution in [0.15, 0.2) is 72.3 Å². The van der Waals surface area contributed by atoms with Gasteiger partial charge in [-0.25, -0.2) is 0 Å². The number of benzene rings is 3. The molecule has 0 aliphatic carbocycles. The second-order valence-electron chi connectivity index (χ2n) is 8.35. The SMILES string of the molecule is COc1cccc(C2/C(=C(/O)c3ccc4c(c3)OCCO4)C(=O)C(=O)N2c2cccc(C(F)(F)F)c2)c1. The highest BCUT2D eigenvalue weighted by Gasteiger charge is 2.47. The Morgan fingerprint density at radius 3 is 2.43 bits per heavy atom. The maximum atomic E-state index is 13.5. The summed E-state index contributed by atoms with van der Waals surface area (Å²) in [6.45, 7) is 0.650. The molecule has 1 N–H and O–H groups in total. The number of ketones is 1. The minimum atomic E-state index is -4.67. The first-order chi connectivity index (χ1) is 17.7. The van der Waals surface area contributed by atoms with Crippen molar-refractivity contribution in [1.82, 2.24) is 0 Å². The number of alkyl halides is 3. The molecule has 7 nitrogen and oxygen atoms in total. The molecule has 10 heteroatoms. The van der Waals surface area contributed by atoms with Crippen LogP contribution in [0.3, 0.4) is 0 Å². The lowest BCUT2D eigenvalue weighted by Crippen LogP contribution is -2.29. The average Bonchev–Trinajstić information content (AvgIpc) is 3.17. The minimum absolute atomic E-state index is 0.147. The van der Waals surface area contributed by atoms with E-state index in [4.69, 9.17) is 14.2 Å². The fraction of sp³-hybridized carbons (Fsp3) is 0.185. The van der Waals surface area contributed by atoms with E-state index in [1.54, 1.807) is 30.3 Å². The number of nitrogens with zero attached hydrogens (tertiary/aromatic N) is 1. The number of amides is 1. The lowest BCUT2D eigenvalue weighted by atomic mass is 9.94. The number of methoxy groups -OCH3 is 1. The van der Waals surface area contributed by atoms with Crippen LogP contribution in [0.5, 0.6) is 17.2 Å². The summed E-state index contributed by atoms with van der Waals surface area (Å²) in [4.78, 5) is 27.5. The molecule has 5 rings (SSSR count). The van der Waals surface area contributed by atoms with Crippen molar-refractivity contribution in [2.45, 2.75) is 12.2 Å². The molecular weight excluding hydrogens is 491 g/mol. The Hall–Kier alpha value is -4.47. The standard InChI is InChI=1S/C27H20F3NO6/c1-35-19-7-2-4-15(12-19)23-22(24(32)16-8-9-20-21(13-16)37-11-10-36-20)25(33)26(34)31(23)18-6-3-5-17(14-18)27(28,29)30/h2-9,12-14,23,32H,10-11H2,1H3/b24-22-. The van der Waals surface area contributed by atoms with Crippen molar-refractivity contribution < 1.29 is 42.1 Å². The summed E-state index contributed by atoms with van der Waals surface area (Å²) in [5.74, 6) is -1.43. The molecule has 1 amide bonds. The number of rotatable bonds is 4. The van der Waals surface area contributed by atoms with Gasteiger partial charge >= 0.3 is 6.18 Å². The molecule has 0 aromatic heterocycles. The van der Waals surface area contributed by atoms with E-state index in [0.717, 1.165) is 23.1 Å². The Morgan fingerprint density at radius 2 is 1.70 bits per heavy atom. The Morgan fingerprint density at radius 1 is 0.973 bits per heavy atom. The maximum absolute atomic E-state index is 13.5. The molecule has 0 spiro atoms. The summed E-state index contributed by atoms with van der Waals surface area (Å²) in [6.07, 6.45) is -4.67. The van der Waals surface area contributed by atoms with Crippen LogP contribution in [0.4, 0.5) is 18.9 Å². The quantitative estimate of drug-likeness (QED) is 0.298. The van der Waals surface area contributed by atoms with Gasteiger partial charge in [0.05, 0.1) is 24.3 Å². The normalized spacial score (nSPS) is 18.7. The zero-order chi connectivity index (χ0) is 26.3. The van der Waals surface area contributed by atoms with Crippen LogP contribution in [0.1, 0.15) is 22.7 Å². The molecule has 1 saturated heterocycles. The smallest absolute Gasteiger partial charge is 0.416 e. The molecule has 2 aliphatic heterocycles. The fourth-order valence-electron chi connectivity index (χ4n) is 4.40. The third kappa shape index (κ3) is 4.35. The molecular formula is C27H20F3NO6. The van der Waals surface area contributed by atoms with E-state index < -0.39 is 35.2 Å². The Kier molecular flexibility index (Phi) is 6.02. The van der Waals surface area contributed by atoms with Gasteiger partial charge in [-0.3, -0.25) is 14.5 Å². The molecule has 1 unspecified atom stereocenters. The summed E-state index contributed by atoms with van der Waals surface area (Å²) in [6, 6.07) is 13.8. The summed E-state index contributed by atoms with van der Waals surface area (Å²) < 4.78 is 56.7. The number of Topliss-reactive ketones (excluding diaryl/α,β-unsaturated/α-hetero) is 1. The zero-order valence-electron chi connectivity index (χ0n) is 19.4. The van der Waals surface area contributed by atoms with Crippen LogP contribution < -0.4 is 19.1 Å². The Bertz CT molecular complexity index is 1430. The van der Waals surface area contributed by atoms with E-state index >= 15 is 0 Å². The van der Waals surface area contributed by atoms with Gasteiger partial charge in [0.2, 0.25) is 0 Å². The monoisotopic (exact) mass is 511 g/mol. The number of ether oxygens (including phenoxy) is 3. The van der Waals surface area contributed by atoms with Crippen LogP contribution in [-0.4, -0.2) is 37.1 Å². The lowest BCUT2D eigenvalue weighted by Gasteiger charge is -2.26. The van der Waals surface area contributed by atoms with Crippen molar-refractivity contribution in [1.29, 1.82) is 0 Å². The van der Waals surface area contributed by atoms with Gasteiger partial charge in [0.25, 0.3) is 11.7 Å². The fourth-order valence-corrected chi connectivity index (χ4v) is 4.40. The number of aliphatic hydroxyl groups excluding tert-OH is 1. The highest BCUT2D eigenvalue weighted by Crippen LogP contribution is 2.44. The van der Waals surface area contributed by atoms with Crippen LogP contribution >= 0.6 is 0 Å². The van der Waals surface area contributed by atoms with E-state index in [1.807, 2.05) is 0 Å². The van der Waals surface area contributed by atoms with Gasteiger partial charge in [-0.05, 0) is 54.1 Å². The number of hydrogen-bond donors (Lipinski definition) is 1. The Labute approximate surface area is 209 Å². The van der Waals surface area contributed by atoms with E-state index in [1.165, 1.54) is 25.3 Å². The Balaban J connectivity index is 1.71. The topological polar surface area (TPSA) is 85.3 Å². The first-order valence-electron chi connectivity index (χ1n) is 11.2. The van der Waals surface area contributed by atoms with Crippen molar-refractivity contribution in [3.63, 3.8) is 0 Å². The number of aliphatic hydroxyl groups is 1. The first kappa shape index (κ1) is 24.2. The van der Waals surface area contributed by atoms with Crippen LogP contribution in [0.25, 0.3) is 5.76 Å². The maximum Gasteiger partial charge on any atom is 0.416 e. The number of hydrogen-bond acceptors (Lipinski definition) is 6. The predicted molar refractivity (Wildman–Crippen MR) is 127 cm³/mol. The molecule has 1 fully saturated rings. The highest BCUT2D eigenvalue weighted by atomic mass is 19.4. The van der Waals surface area contributed by atoms with Crippen molar-refractivity contribution in [3.8, 4) is 17.2 Å². The second kappa shape index (κ2) is 9.20. The number of anilines is 1. The van der Waals surface area contributed by atoms with E-state index in [9.17, 15) is 27.9 Å². The van der Waals surface area contributed by atoms with E-state index in [2.05, 4.69) is 0 Å². The molecule has 2 aliphatic rings. The minimum Gasteiger partial charge on any atom is -0.507 e. The third-order valence-electron chi connectivity index (χ3n) is 6.12. The molecule has 0 bridgehead atoms. The summed E-state index contributed by atoms with van der Waals surface area (Å²) >= 11 is 0. The molecule has 3 aromatic carbocycles. The van der Waals surface area contributed by atoms with Gasteiger partial charge < -0.3 is 19.3 Å². The van der Waals surface area contributed by atoms with Crippen molar-refractivity contribution in [3.05, 3.63) is 89.0 Å². The summed E-state index contributed by atoms with van der Waals surface area (Å²) in [7, 11) is 1.43. The largest absolute Gasteiger partial charge is 0.507 e. The lowest BCUT2D eigenvalue weighted by molar-refractivity contribution is -0.137. The number of halogens is 3. The molecule has 2 heterocycles. The summed E-state index contributed by atoms with van der Waals surface area (Å²) in [5, 5.41) is 11.3. The predicted octanol–water partition coefficient (Wildman–Crippen LogP) is 5.11. The van der Waals surface area contributed by atoms with E-state index in [-0.39, 0.29) is 16.8 Å². The number of fused-ring (bicyclic) bond motifs is 1. The third-order valence-corrected chi connectivity index (χ3v) is 6.12. The van der Waals surface area contributed by atoms with Crippen LogP contribution in [-0.2, 0) is 15.8 Å². The summed E-state index contributed by atoms with van der Waals surface area (Å²) in [5.41, 5.74) is -0.879. The van der Waals surface area contributed by atoms with Crippen LogP contribution in [0, 0.1) is 0 Å². The molecule has 0 radical (unpaired) electrons. The number of carbonyl (C=O) groups excluding carboxylic acids is 2. The van der Waals surface area contributed by atoms with Gasteiger partial charge in [0.15, 0.2) is 11.5 Å². The molecule has 0 saturated carbocycles. The van der Waals surface area contributed by atoms with Gasteiger partial charge in [-0.1, -0.05) is 18.2 Å². The average molecular weight is 511 g/mol. The van der Waals surface area contributed by atoms with E-state index in [0.29, 0.717) is 36.0 Å². The highest BCUT2D eigenvalue weighted by molar-refractivity contribution is 6.51. The van der Waals surface area contributed by atoms with Gasteiger partial charge in [-0.15, -0.1) is 0 Å². The van der Waals surface area contributed by atoms with Gasteiger partial charge in [-0.2, -0.15) is 13.2 Å². The molecule has 3 aromatic rings. The molecule has 37 heavy (non-hydrogen) atoms. The van der Waals surface area contributed by atoms with Crippen molar-refractivity contribution in [2.75, 3.05) is 25.2 Å². The second-order valence-corrected chi connectivity index (χ2v) is 8.35. The molecule has 190 valence electrons. The molecule has 1 atom stereocenters. The van der Waals surface area contributed by atoms with Crippen LogP contribution in [0.2, 0.25) is 0 Å².